The van der Waals surface area contributed by atoms with Crippen LogP contribution in [0.3, 0.4) is 0 Å². The SMILES string of the molecule is O=C=NCCC1CCCCO1. The molecule has 0 saturated carbocycles. The summed E-state index contributed by atoms with van der Waals surface area (Å²) in [5, 5.41) is 0. The van der Waals surface area contributed by atoms with E-state index in [0.29, 0.717) is 12.6 Å². The zero-order valence-electron chi connectivity index (χ0n) is 6.58. The largest absolute Gasteiger partial charge is 0.378 e. The lowest BCUT2D eigenvalue weighted by atomic mass is 10.1. The fourth-order valence-corrected chi connectivity index (χ4v) is 1.29. The van der Waals surface area contributed by atoms with E-state index < -0.39 is 0 Å². The van der Waals surface area contributed by atoms with Gasteiger partial charge in [-0.15, -0.1) is 0 Å². The van der Waals surface area contributed by atoms with E-state index in [1.807, 2.05) is 0 Å². The lowest BCUT2D eigenvalue weighted by molar-refractivity contribution is 0.0129. The molecule has 1 aliphatic heterocycles. The summed E-state index contributed by atoms with van der Waals surface area (Å²) in [5.74, 6) is 0. The molecule has 3 heteroatoms. The highest BCUT2D eigenvalue weighted by atomic mass is 16.5. The van der Waals surface area contributed by atoms with Gasteiger partial charge in [0, 0.05) is 6.61 Å². The summed E-state index contributed by atoms with van der Waals surface area (Å²) in [6.07, 6.45) is 6.27. The maximum Gasteiger partial charge on any atom is 0.234 e. The van der Waals surface area contributed by atoms with Crippen molar-refractivity contribution in [3.63, 3.8) is 0 Å². The Morgan fingerprint density at radius 1 is 1.55 bits per heavy atom. The van der Waals surface area contributed by atoms with Crippen LogP contribution in [0.4, 0.5) is 0 Å². The Balaban J connectivity index is 2.09. The van der Waals surface area contributed by atoms with Crippen molar-refractivity contribution in [2.24, 2.45) is 4.99 Å². The number of rotatable bonds is 3. The summed E-state index contributed by atoms with van der Waals surface area (Å²) in [5.41, 5.74) is 0. The molecule has 0 N–H and O–H groups in total. The monoisotopic (exact) mass is 155 g/mol. The molecule has 0 spiro atoms. The molecule has 1 unspecified atom stereocenters. The molecule has 0 aromatic rings. The number of hydrogen-bond acceptors (Lipinski definition) is 3. The highest BCUT2D eigenvalue weighted by Crippen LogP contribution is 2.14. The number of hydrogen-bond donors (Lipinski definition) is 0. The van der Waals surface area contributed by atoms with E-state index in [0.717, 1.165) is 19.4 Å². The smallest absolute Gasteiger partial charge is 0.234 e. The van der Waals surface area contributed by atoms with E-state index in [-0.39, 0.29) is 0 Å². The van der Waals surface area contributed by atoms with Crippen LogP contribution < -0.4 is 0 Å². The topological polar surface area (TPSA) is 38.7 Å². The maximum absolute atomic E-state index is 9.71. The first-order chi connectivity index (χ1) is 5.43. The Hall–Kier alpha value is -0.660. The van der Waals surface area contributed by atoms with E-state index >= 15 is 0 Å². The molecule has 1 heterocycles. The Morgan fingerprint density at radius 2 is 2.45 bits per heavy atom. The normalized spacial score (nSPS) is 24.2. The molecule has 0 amide bonds. The molecule has 1 saturated heterocycles. The highest BCUT2D eigenvalue weighted by molar-refractivity contribution is 5.32. The molecule has 3 nitrogen and oxygen atoms in total. The Kier molecular flexibility index (Phi) is 3.87. The van der Waals surface area contributed by atoms with Gasteiger partial charge in [-0.25, -0.2) is 9.79 Å². The minimum atomic E-state index is 0.334. The zero-order valence-corrected chi connectivity index (χ0v) is 6.58. The Morgan fingerprint density at radius 3 is 3.09 bits per heavy atom. The highest BCUT2D eigenvalue weighted by Gasteiger charge is 2.12. The van der Waals surface area contributed by atoms with Gasteiger partial charge in [0.05, 0.1) is 12.6 Å². The second kappa shape index (κ2) is 5.05. The van der Waals surface area contributed by atoms with Crippen molar-refractivity contribution in [2.75, 3.05) is 13.2 Å². The number of nitrogens with zero attached hydrogens (tertiary/aromatic N) is 1. The number of isocyanates is 1. The van der Waals surface area contributed by atoms with Crippen molar-refractivity contribution < 1.29 is 9.53 Å². The molecular weight excluding hydrogens is 142 g/mol. The molecule has 62 valence electrons. The summed E-state index contributed by atoms with van der Waals surface area (Å²) in [7, 11) is 0. The van der Waals surface area contributed by atoms with Crippen LogP contribution in [0.1, 0.15) is 25.7 Å². The van der Waals surface area contributed by atoms with Crippen molar-refractivity contribution in [1.82, 2.24) is 0 Å². The van der Waals surface area contributed by atoms with E-state index in [2.05, 4.69) is 4.99 Å². The van der Waals surface area contributed by atoms with Gasteiger partial charge >= 0.3 is 0 Å². The third kappa shape index (κ3) is 3.30. The molecule has 0 radical (unpaired) electrons. The van der Waals surface area contributed by atoms with Gasteiger partial charge in [-0.1, -0.05) is 0 Å². The second-order valence-corrected chi connectivity index (χ2v) is 2.75. The van der Waals surface area contributed by atoms with Gasteiger partial charge in [0.1, 0.15) is 0 Å². The number of aliphatic imine (C=N–C) groups is 1. The van der Waals surface area contributed by atoms with Gasteiger partial charge in [-0.05, 0) is 25.7 Å². The molecule has 0 aromatic heterocycles. The third-order valence-corrected chi connectivity index (χ3v) is 1.90. The zero-order chi connectivity index (χ0) is 7.94. The molecule has 1 atom stereocenters. The fraction of sp³-hybridized carbons (Fsp3) is 0.875. The van der Waals surface area contributed by atoms with E-state index in [9.17, 15) is 4.79 Å². The first-order valence-electron chi connectivity index (χ1n) is 4.08. The molecule has 11 heavy (non-hydrogen) atoms. The van der Waals surface area contributed by atoms with Crippen LogP contribution in [0, 0.1) is 0 Å². The molecule has 1 rings (SSSR count). The van der Waals surface area contributed by atoms with Crippen LogP contribution in [0.25, 0.3) is 0 Å². The van der Waals surface area contributed by atoms with Gasteiger partial charge in [-0.3, -0.25) is 0 Å². The summed E-state index contributed by atoms with van der Waals surface area (Å²) in [4.78, 5) is 13.2. The van der Waals surface area contributed by atoms with Crippen molar-refractivity contribution in [3.8, 4) is 0 Å². The molecule has 0 aromatic carbocycles. The first-order valence-corrected chi connectivity index (χ1v) is 4.08. The lowest BCUT2D eigenvalue weighted by Crippen LogP contribution is -2.19. The van der Waals surface area contributed by atoms with Gasteiger partial charge in [0.2, 0.25) is 6.08 Å². The van der Waals surface area contributed by atoms with E-state index in [1.54, 1.807) is 0 Å². The number of ether oxygens (including phenoxy) is 1. The van der Waals surface area contributed by atoms with Crippen LogP contribution in [0.2, 0.25) is 0 Å². The molecule has 1 aliphatic rings. The average Bonchev–Trinajstić information content (AvgIpc) is 2.07. The molecular formula is C8H13NO2. The quantitative estimate of drug-likeness (QED) is 0.455. The maximum atomic E-state index is 9.71. The number of carbonyl (C=O) groups excluding carboxylic acids is 1. The predicted octanol–water partition coefficient (Wildman–Crippen LogP) is 1.28. The fourth-order valence-electron chi connectivity index (χ4n) is 1.29. The first kappa shape index (κ1) is 8.44. The second-order valence-electron chi connectivity index (χ2n) is 2.75. The molecule has 0 aliphatic carbocycles. The predicted molar refractivity (Wildman–Crippen MR) is 41.2 cm³/mol. The third-order valence-electron chi connectivity index (χ3n) is 1.90. The minimum absolute atomic E-state index is 0.334. The Labute approximate surface area is 66.5 Å². The standard InChI is InChI=1S/C8H13NO2/c10-7-9-5-4-8-3-1-2-6-11-8/h8H,1-6H2. The minimum Gasteiger partial charge on any atom is -0.378 e. The Bertz CT molecular complexity index is 146. The van der Waals surface area contributed by atoms with Gasteiger partial charge < -0.3 is 4.74 Å². The van der Waals surface area contributed by atoms with Crippen molar-refractivity contribution in [2.45, 2.75) is 31.8 Å². The van der Waals surface area contributed by atoms with Crippen molar-refractivity contribution in [1.29, 1.82) is 0 Å². The van der Waals surface area contributed by atoms with Crippen molar-refractivity contribution in [3.05, 3.63) is 0 Å². The van der Waals surface area contributed by atoms with Crippen LogP contribution >= 0.6 is 0 Å². The van der Waals surface area contributed by atoms with Crippen LogP contribution in [-0.4, -0.2) is 25.3 Å². The van der Waals surface area contributed by atoms with Crippen molar-refractivity contribution >= 4 is 6.08 Å². The average molecular weight is 155 g/mol. The molecule has 0 bridgehead atoms. The summed E-state index contributed by atoms with van der Waals surface area (Å²) in [6, 6.07) is 0. The summed E-state index contributed by atoms with van der Waals surface area (Å²) < 4.78 is 5.43. The van der Waals surface area contributed by atoms with Gasteiger partial charge in [-0.2, -0.15) is 0 Å². The summed E-state index contributed by atoms with van der Waals surface area (Å²) >= 11 is 0. The van der Waals surface area contributed by atoms with Gasteiger partial charge in [0.15, 0.2) is 0 Å². The summed E-state index contributed by atoms with van der Waals surface area (Å²) in [6.45, 7) is 1.43. The molecule has 1 fully saturated rings. The van der Waals surface area contributed by atoms with E-state index in [4.69, 9.17) is 4.74 Å². The van der Waals surface area contributed by atoms with Crippen LogP contribution in [-0.2, 0) is 9.53 Å². The van der Waals surface area contributed by atoms with Crippen LogP contribution in [0.15, 0.2) is 4.99 Å². The van der Waals surface area contributed by atoms with E-state index in [1.165, 1.54) is 18.9 Å². The lowest BCUT2D eigenvalue weighted by Gasteiger charge is -2.21. The van der Waals surface area contributed by atoms with Gasteiger partial charge in [0.25, 0.3) is 0 Å². The van der Waals surface area contributed by atoms with Crippen LogP contribution in [0.5, 0.6) is 0 Å².